The Balaban J connectivity index is 4.15. The van der Waals surface area contributed by atoms with Gasteiger partial charge in [-0.2, -0.15) is 0 Å². The number of carbonyl (C=O) groups excluding carboxylic acids is 2. The van der Waals surface area contributed by atoms with Gasteiger partial charge in [-0.15, -0.1) is 0 Å². The second-order valence-electron chi connectivity index (χ2n) is 4.82. The summed E-state index contributed by atoms with van der Waals surface area (Å²) in [5.41, 5.74) is 0. The summed E-state index contributed by atoms with van der Waals surface area (Å²) in [6.07, 6.45) is 2.27. The lowest BCUT2D eigenvalue weighted by Gasteiger charge is -2.18. The number of ketones is 2. The Kier molecular flexibility index (Phi) is 6.46. The quantitative estimate of drug-likeness (QED) is 0.607. The fourth-order valence-corrected chi connectivity index (χ4v) is 1.56. The van der Waals surface area contributed by atoms with Crippen molar-refractivity contribution >= 4 is 11.6 Å². The van der Waals surface area contributed by atoms with Gasteiger partial charge in [0.05, 0.1) is 6.42 Å². The van der Waals surface area contributed by atoms with Gasteiger partial charge in [0.25, 0.3) is 0 Å². The first-order valence-electron chi connectivity index (χ1n) is 5.95. The lowest BCUT2D eigenvalue weighted by Crippen LogP contribution is -2.23. The summed E-state index contributed by atoms with van der Waals surface area (Å²) in [6.45, 7) is 9.83. The van der Waals surface area contributed by atoms with Crippen LogP contribution in [0.5, 0.6) is 0 Å². The predicted molar refractivity (Wildman–Crippen MR) is 62.7 cm³/mol. The zero-order chi connectivity index (χ0) is 12.0. The minimum Gasteiger partial charge on any atom is -0.299 e. The number of carbonyl (C=O) groups is 2. The maximum atomic E-state index is 11.8. The Morgan fingerprint density at radius 1 is 1.00 bits per heavy atom. The van der Waals surface area contributed by atoms with E-state index in [0.29, 0.717) is 5.92 Å². The highest BCUT2D eigenvalue weighted by molar-refractivity contribution is 6.00. The van der Waals surface area contributed by atoms with Crippen LogP contribution in [0.4, 0.5) is 0 Å². The summed E-state index contributed by atoms with van der Waals surface area (Å²) in [5, 5.41) is 0. The van der Waals surface area contributed by atoms with Crippen molar-refractivity contribution in [2.45, 2.75) is 53.9 Å². The number of hydrogen-bond donors (Lipinski definition) is 0. The van der Waals surface area contributed by atoms with E-state index in [1.165, 1.54) is 0 Å². The first kappa shape index (κ1) is 14.3. The highest BCUT2D eigenvalue weighted by Crippen LogP contribution is 2.19. The van der Waals surface area contributed by atoms with Gasteiger partial charge >= 0.3 is 0 Å². The van der Waals surface area contributed by atoms with Crippen molar-refractivity contribution in [2.24, 2.45) is 17.8 Å². The van der Waals surface area contributed by atoms with Gasteiger partial charge in [-0.3, -0.25) is 9.59 Å². The molecule has 0 aromatic heterocycles. The molecular formula is C13H24O2. The van der Waals surface area contributed by atoms with Crippen molar-refractivity contribution in [3.8, 4) is 0 Å². The molecular weight excluding hydrogens is 188 g/mol. The number of rotatable bonds is 7. The molecule has 0 rings (SSSR count). The molecule has 2 heteroatoms. The third-order valence-corrected chi connectivity index (χ3v) is 3.10. The van der Waals surface area contributed by atoms with Crippen molar-refractivity contribution in [1.82, 2.24) is 0 Å². The Morgan fingerprint density at radius 2 is 1.53 bits per heavy atom. The molecule has 0 aliphatic carbocycles. The Bertz CT molecular complexity index is 219. The molecule has 0 fully saturated rings. The van der Waals surface area contributed by atoms with E-state index in [4.69, 9.17) is 0 Å². The van der Waals surface area contributed by atoms with Crippen LogP contribution in [0.3, 0.4) is 0 Å². The lowest BCUT2D eigenvalue weighted by atomic mass is 9.86. The molecule has 0 aromatic rings. The second-order valence-corrected chi connectivity index (χ2v) is 4.82. The van der Waals surface area contributed by atoms with Gasteiger partial charge in [0.15, 0.2) is 0 Å². The lowest BCUT2D eigenvalue weighted by molar-refractivity contribution is -0.131. The third kappa shape index (κ3) is 5.10. The topological polar surface area (TPSA) is 34.1 Å². The minimum absolute atomic E-state index is 0.0210. The van der Waals surface area contributed by atoms with Gasteiger partial charge in [-0.05, 0) is 5.92 Å². The summed E-state index contributed by atoms with van der Waals surface area (Å²) >= 11 is 0. The summed E-state index contributed by atoms with van der Waals surface area (Å²) < 4.78 is 0. The average molecular weight is 212 g/mol. The van der Waals surface area contributed by atoms with Crippen LogP contribution in [0.15, 0.2) is 0 Å². The molecule has 0 aliphatic heterocycles. The van der Waals surface area contributed by atoms with E-state index in [1.54, 1.807) is 0 Å². The zero-order valence-electron chi connectivity index (χ0n) is 10.7. The van der Waals surface area contributed by atoms with Crippen molar-refractivity contribution < 1.29 is 9.59 Å². The second kappa shape index (κ2) is 6.76. The molecule has 0 aromatic carbocycles. The Morgan fingerprint density at radius 3 is 1.93 bits per heavy atom. The largest absolute Gasteiger partial charge is 0.299 e. The van der Waals surface area contributed by atoms with Crippen LogP contribution in [-0.2, 0) is 9.59 Å². The molecule has 0 heterocycles. The monoisotopic (exact) mass is 212 g/mol. The molecule has 0 aliphatic rings. The highest BCUT2D eigenvalue weighted by atomic mass is 16.1. The van der Waals surface area contributed by atoms with E-state index >= 15 is 0 Å². The molecule has 0 bridgehead atoms. The van der Waals surface area contributed by atoms with Crippen molar-refractivity contribution in [1.29, 1.82) is 0 Å². The Labute approximate surface area is 93.4 Å². The Hall–Kier alpha value is -0.660. The standard InChI is InChI=1S/C13H24O2/c1-6-7-10(4)11(5)13(15)8-12(14)9(2)3/h9-11H,6-8H2,1-5H3. The van der Waals surface area contributed by atoms with Gasteiger partial charge in [-0.1, -0.05) is 47.5 Å². The SMILES string of the molecule is CCCC(C)C(C)C(=O)CC(=O)C(C)C. The van der Waals surface area contributed by atoms with Crippen molar-refractivity contribution in [2.75, 3.05) is 0 Å². The molecule has 2 unspecified atom stereocenters. The summed E-state index contributed by atoms with van der Waals surface area (Å²) in [7, 11) is 0. The first-order valence-corrected chi connectivity index (χ1v) is 5.95. The molecule has 0 amide bonds. The molecule has 15 heavy (non-hydrogen) atoms. The normalized spacial score (nSPS) is 15.1. The maximum absolute atomic E-state index is 11.8. The summed E-state index contributed by atoms with van der Waals surface area (Å²) in [5.74, 6) is 0.558. The van der Waals surface area contributed by atoms with E-state index in [1.807, 2.05) is 20.8 Å². The molecule has 0 radical (unpaired) electrons. The molecule has 2 atom stereocenters. The minimum atomic E-state index is -0.0253. The van der Waals surface area contributed by atoms with Gasteiger partial charge in [0, 0.05) is 11.8 Å². The molecule has 0 saturated heterocycles. The number of Topliss-reactive ketones (excluding diaryl/α,β-unsaturated/α-hetero) is 2. The predicted octanol–water partition coefficient (Wildman–Crippen LogP) is 3.24. The van der Waals surface area contributed by atoms with Crippen molar-refractivity contribution in [3.05, 3.63) is 0 Å². The van der Waals surface area contributed by atoms with Crippen LogP contribution in [-0.4, -0.2) is 11.6 Å². The van der Waals surface area contributed by atoms with Crippen LogP contribution >= 0.6 is 0 Å². The van der Waals surface area contributed by atoms with Gasteiger partial charge in [0.1, 0.15) is 11.6 Å². The number of hydrogen-bond acceptors (Lipinski definition) is 2. The van der Waals surface area contributed by atoms with E-state index < -0.39 is 0 Å². The maximum Gasteiger partial charge on any atom is 0.143 e. The zero-order valence-corrected chi connectivity index (χ0v) is 10.7. The fraction of sp³-hybridized carbons (Fsp3) is 0.846. The van der Waals surface area contributed by atoms with Gasteiger partial charge < -0.3 is 0 Å². The molecule has 0 saturated carbocycles. The molecule has 2 nitrogen and oxygen atoms in total. The van der Waals surface area contributed by atoms with Crippen LogP contribution in [0.25, 0.3) is 0 Å². The summed E-state index contributed by atoms with van der Waals surface area (Å²) in [6, 6.07) is 0. The van der Waals surface area contributed by atoms with E-state index in [2.05, 4.69) is 13.8 Å². The highest BCUT2D eigenvalue weighted by Gasteiger charge is 2.22. The van der Waals surface area contributed by atoms with E-state index in [0.717, 1.165) is 12.8 Å². The average Bonchev–Trinajstić information content (AvgIpc) is 2.16. The van der Waals surface area contributed by atoms with Gasteiger partial charge in [-0.25, -0.2) is 0 Å². The van der Waals surface area contributed by atoms with Crippen LogP contribution in [0.2, 0.25) is 0 Å². The smallest absolute Gasteiger partial charge is 0.143 e. The molecule has 0 spiro atoms. The van der Waals surface area contributed by atoms with Crippen molar-refractivity contribution in [3.63, 3.8) is 0 Å². The fourth-order valence-electron chi connectivity index (χ4n) is 1.56. The molecule has 88 valence electrons. The van der Waals surface area contributed by atoms with E-state index in [-0.39, 0.29) is 29.8 Å². The van der Waals surface area contributed by atoms with Gasteiger partial charge in [0.2, 0.25) is 0 Å². The third-order valence-electron chi connectivity index (χ3n) is 3.10. The van der Waals surface area contributed by atoms with Crippen LogP contribution < -0.4 is 0 Å². The van der Waals surface area contributed by atoms with Crippen LogP contribution in [0.1, 0.15) is 53.9 Å². The van der Waals surface area contributed by atoms with Crippen LogP contribution in [0, 0.1) is 17.8 Å². The molecule has 0 N–H and O–H groups in total. The van der Waals surface area contributed by atoms with E-state index in [9.17, 15) is 9.59 Å². The first-order chi connectivity index (χ1) is 6.90. The summed E-state index contributed by atoms with van der Waals surface area (Å²) in [4.78, 5) is 23.2.